The Kier molecular flexibility index (Phi) is 63.4. The van der Waals surface area contributed by atoms with Crippen LogP contribution < -0.4 is 0 Å². The molecule has 0 bridgehead atoms. The van der Waals surface area contributed by atoms with Gasteiger partial charge in [-0.15, -0.1) is 0 Å². The molecule has 0 spiro atoms. The highest BCUT2D eigenvalue weighted by Gasteiger charge is 2.32. The van der Waals surface area contributed by atoms with Crippen LogP contribution in [0.15, 0.2) is 0 Å². The van der Waals surface area contributed by atoms with Gasteiger partial charge < -0.3 is 158 Å². The van der Waals surface area contributed by atoms with Crippen LogP contribution in [-0.2, 0) is 0 Å². The third-order valence-corrected chi connectivity index (χ3v) is 10.8. The van der Waals surface area contributed by atoms with E-state index in [9.17, 15) is 0 Å². The summed E-state index contributed by atoms with van der Waals surface area (Å²) < 4.78 is 0. The molecule has 0 unspecified atom stereocenters. The fourth-order valence-corrected chi connectivity index (χ4v) is 4.82. The van der Waals surface area contributed by atoms with E-state index in [-0.39, 0.29) is 32.3 Å². The Morgan fingerprint density at radius 3 is 0.355 bits per heavy atom. The molecule has 31 nitrogen and oxygen atoms in total. The molecule has 0 saturated heterocycles. The highest BCUT2D eigenvalue weighted by atomic mass is 16.4. The first kappa shape index (κ1) is 88.6. The lowest BCUT2D eigenvalue weighted by Crippen LogP contribution is -2.45. The van der Waals surface area contributed by atoms with E-state index in [4.69, 9.17) is 158 Å². The van der Waals surface area contributed by atoms with Crippen LogP contribution >= 0.6 is 0 Å². The first-order valence-electron chi connectivity index (χ1n) is 24.7. The number of aliphatic hydroxyl groups is 31. The smallest absolute Gasteiger partial charge is 0.110 e. The molecule has 470 valence electrons. The second-order valence-corrected chi connectivity index (χ2v) is 17.0. The quantitative estimate of drug-likeness (QED) is 0.0306. The van der Waals surface area contributed by atoms with Gasteiger partial charge in [0.05, 0.1) is 89.0 Å². The van der Waals surface area contributed by atoms with Gasteiger partial charge in [-0.3, -0.25) is 0 Å². The minimum absolute atomic E-state index is 0.274. The molecule has 0 aromatic carbocycles. The van der Waals surface area contributed by atoms with E-state index in [1.807, 2.05) is 0 Å². The fourth-order valence-electron chi connectivity index (χ4n) is 4.82. The van der Waals surface area contributed by atoms with E-state index in [2.05, 4.69) is 0 Å². The van der Waals surface area contributed by atoms with Crippen LogP contribution in [0.4, 0.5) is 0 Å². The maximum Gasteiger partial charge on any atom is 0.110 e. The fraction of sp³-hybridized carbons (Fsp3) is 1.00. The molecule has 0 rings (SSSR count). The standard InChI is InChI=1S/4C7H16O5.2C6H14O4.C5H12O3/c4*1-2-4(9)6(11)7(12)5(10)3-8;2*1-2-4(8)6(10)5(9)3-7;1-2-4(7)5(8)3-6/h4*4-12H,2-3H2,1H3;2*4-10H,2-3H2,1H3;4-8H,2-3H2,1H3/t4-,5+,6+,7+;4-,5+,6+,7-;4-,5-,6+,7+;4-,5-,6-,7-;4-,5+,6+;4-,5+,6-;4-,5+/m0011101/s1. The van der Waals surface area contributed by atoms with Gasteiger partial charge in [-0.05, 0) is 44.9 Å². The van der Waals surface area contributed by atoms with Crippen LogP contribution in [0.1, 0.15) is 93.4 Å². The minimum Gasteiger partial charge on any atom is -0.394 e. The Morgan fingerprint density at radius 2 is 0.250 bits per heavy atom. The third kappa shape index (κ3) is 41.7. The Labute approximate surface area is 443 Å². The van der Waals surface area contributed by atoms with E-state index < -0.39 is 186 Å². The normalized spacial score (nSPS) is 20.8. The lowest BCUT2D eigenvalue weighted by atomic mass is 10.0. The Hall–Kier alpha value is -1.24. The monoisotopic (exact) mass is 1140 g/mol. The molecule has 76 heavy (non-hydrogen) atoms. The zero-order valence-corrected chi connectivity index (χ0v) is 44.6. The highest BCUT2D eigenvalue weighted by molar-refractivity contribution is 4.82. The zero-order chi connectivity index (χ0) is 61.8. The van der Waals surface area contributed by atoms with Crippen molar-refractivity contribution in [2.45, 2.75) is 240 Å². The summed E-state index contributed by atoms with van der Waals surface area (Å²) in [5, 5.41) is 273. The van der Waals surface area contributed by atoms with Crippen molar-refractivity contribution < 1.29 is 158 Å². The van der Waals surface area contributed by atoms with E-state index >= 15 is 0 Å². The number of aliphatic hydroxyl groups excluding tert-OH is 31. The molecule has 31 N–H and O–H groups in total. The first-order valence-corrected chi connectivity index (χ1v) is 24.7. The molecule has 0 aliphatic rings. The van der Waals surface area contributed by atoms with Gasteiger partial charge in [-0.2, -0.15) is 0 Å². The van der Waals surface area contributed by atoms with E-state index in [1.54, 1.807) is 48.5 Å². The predicted molar refractivity (Wildman–Crippen MR) is 266 cm³/mol. The summed E-state index contributed by atoms with van der Waals surface area (Å²) in [6, 6.07) is 0. The van der Waals surface area contributed by atoms with Crippen molar-refractivity contribution in [2.75, 3.05) is 46.2 Å². The second-order valence-electron chi connectivity index (χ2n) is 17.0. The van der Waals surface area contributed by atoms with Crippen LogP contribution in [-0.4, -0.2) is 351 Å². The van der Waals surface area contributed by atoms with Crippen molar-refractivity contribution >= 4 is 0 Å². The maximum atomic E-state index is 9.12. The molecule has 0 aromatic heterocycles. The molecular formula is C45H104O31. The SMILES string of the molecule is CC[C@@H](O)[C@@H](O)CO.CC[C@@H](O)[C@@H](O)[C@H](O)[C@H](O)CO.CC[C@@H](O)[C@H](O)[C@@H](O)CO.CC[C@@H](O)[C@H](O)[C@@H](O)[C@H](O)CO.CC[C@H](O)[C@@H](O)[C@@H](O)[C@H](O)CO.CC[C@H](O)[C@@H](O)[C@H](O)[C@H](O)CO.CC[C@H](O)[C@H](O)[C@H](O)CO. The summed E-state index contributed by atoms with van der Waals surface area (Å²) in [6.07, 6.45) is -28.0. The minimum atomic E-state index is -1.51. The van der Waals surface area contributed by atoms with Gasteiger partial charge in [0.1, 0.15) is 104 Å². The van der Waals surface area contributed by atoms with Crippen molar-refractivity contribution in [3.8, 4) is 0 Å². The second kappa shape index (κ2) is 54.4. The summed E-state index contributed by atoms with van der Waals surface area (Å²) in [5.74, 6) is 0. The Morgan fingerprint density at radius 1 is 0.145 bits per heavy atom. The summed E-state index contributed by atoms with van der Waals surface area (Å²) in [4.78, 5) is 0. The van der Waals surface area contributed by atoms with E-state index in [0.717, 1.165) is 0 Å². The van der Waals surface area contributed by atoms with E-state index in [1.165, 1.54) is 0 Å². The molecule has 0 radical (unpaired) electrons. The van der Waals surface area contributed by atoms with Crippen LogP contribution in [0.25, 0.3) is 0 Å². The maximum absolute atomic E-state index is 9.12. The molecule has 0 aliphatic heterocycles. The van der Waals surface area contributed by atoms with Crippen molar-refractivity contribution in [3.63, 3.8) is 0 Å². The molecule has 0 fully saturated rings. The molecule has 24 atom stereocenters. The highest BCUT2D eigenvalue weighted by Crippen LogP contribution is 2.10. The van der Waals surface area contributed by atoms with Gasteiger partial charge in [0, 0.05) is 0 Å². The van der Waals surface area contributed by atoms with Gasteiger partial charge in [-0.1, -0.05) is 48.5 Å². The van der Waals surface area contributed by atoms with Gasteiger partial charge in [-0.25, -0.2) is 0 Å². The Bertz CT molecular complexity index is 961. The Balaban J connectivity index is -0.000000147. The molecular weight excluding hydrogens is 1040 g/mol. The average molecular weight is 1140 g/mol. The van der Waals surface area contributed by atoms with Crippen molar-refractivity contribution in [1.29, 1.82) is 0 Å². The predicted octanol–water partition coefficient (Wildman–Crippen LogP) is -12.6. The summed E-state index contributed by atoms with van der Waals surface area (Å²) in [6.45, 7) is 7.62. The topological polar surface area (TPSA) is 627 Å². The van der Waals surface area contributed by atoms with Crippen LogP contribution in [0, 0.1) is 0 Å². The molecule has 0 aliphatic carbocycles. The summed E-state index contributed by atoms with van der Waals surface area (Å²) in [5.41, 5.74) is 0. The van der Waals surface area contributed by atoms with Gasteiger partial charge in [0.2, 0.25) is 0 Å². The number of hydrogen-bond donors (Lipinski definition) is 31. The van der Waals surface area contributed by atoms with Crippen molar-refractivity contribution in [3.05, 3.63) is 0 Å². The molecule has 0 amide bonds. The summed E-state index contributed by atoms with van der Waals surface area (Å²) in [7, 11) is 0. The molecule has 0 aromatic rings. The summed E-state index contributed by atoms with van der Waals surface area (Å²) >= 11 is 0. The lowest BCUT2D eigenvalue weighted by Gasteiger charge is -2.24. The van der Waals surface area contributed by atoms with Crippen LogP contribution in [0.5, 0.6) is 0 Å². The van der Waals surface area contributed by atoms with Crippen molar-refractivity contribution in [2.24, 2.45) is 0 Å². The molecule has 31 heteroatoms. The third-order valence-electron chi connectivity index (χ3n) is 10.8. The van der Waals surface area contributed by atoms with Gasteiger partial charge >= 0.3 is 0 Å². The van der Waals surface area contributed by atoms with Gasteiger partial charge in [0.15, 0.2) is 0 Å². The van der Waals surface area contributed by atoms with Crippen LogP contribution in [0.3, 0.4) is 0 Å². The number of hydrogen-bond acceptors (Lipinski definition) is 31. The van der Waals surface area contributed by atoms with Crippen LogP contribution in [0.2, 0.25) is 0 Å². The first-order chi connectivity index (χ1) is 35.1. The van der Waals surface area contributed by atoms with Gasteiger partial charge in [0.25, 0.3) is 0 Å². The molecule has 0 saturated carbocycles. The zero-order valence-electron chi connectivity index (χ0n) is 44.6. The number of rotatable bonds is 31. The van der Waals surface area contributed by atoms with Crippen molar-refractivity contribution in [1.82, 2.24) is 0 Å². The largest absolute Gasteiger partial charge is 0.394 e. The van der Waals surface area contributed by atoms with E-state index in [0.29, 0.717) is 19.3 Å². The molecule has 0 heterocycles. The average Bonchev–Trinajstić information content (AvgIpc) is 3.46. The lowest BCUT2D eigenvalue weighted by molar-refractivity contribution is -0.115.